The molecule has 1 aliphatic carbocycles. The molecule has 0 bridgehead atoms. The second kappa shape index (κ2) is 24.5. The maximum absolute atomic E-state index is 11.8. The van der Waals surface area contributed by atoms with E-state index in [9.17, 15) is 14.7 Å². The van der Waals surface area contributed by atoms with E-state index >= 15 is 0 Å². The molecule has 1 aromatic rings. The molecular formula is C37H68N2O10. The highest BCUT2D eigenvalue weighted by atomic mass is 17.1. The highest BCUT2D eigenvalue weighted by Gasteiger charge is 2.28. The van der Waals surface area contributed by atoms with E-state index < -0.39 is 17.3 Å². The van der Waals surface area contributed by atoms with Gasteiger partial charge in [0.05, 0.1) is 32.5 Å². The van der Waals surface area contributed by atoms with Gasteiger partial charge < -0.3 is 39.8 Å². The molecule has 1 fully saturated rings. The molecule has 0 aliphatic heterocycles. The van der Waals surface area contributed by atoms with Gasteiger partial charge in [0.2, 0.25) is 0 Å². The van der Waals surface area contributed by atoms with Crippen molar-refractivity contribution < 1.29 is 48.9 Å². The molecule has 0 radical (unpaired) electrons. The summed E-state index contributed by atoms with van der Waals surface area (Å²) < 4.78 is 22.2. The fraction of sp³-hybridized carbons (Fsp3) is 0.784. The van der Waals surface area contributed by atoms with Gasteiger partial charge in [-0.25, -0.2) is 14.5 Å². The fourth-order valence-corrected chi connectivity index (χ4v) is 5.10. The van der Waals surface area contributed by atoms with Crippen molar-refractivity contribution in [2.45, 2.75) is 162 Å². The Hall–Kier alpha value is -2.64. The second-order valence-electron chi connectivity index (χ2n) is 14.8. The van der Waals surface area contributed by atoms with Crippen LogP contribution in [0.25, 0.3) is 0 Å². The Bertz CT molecular complexity index is 1030. The minimum atomic E-state index is -0.495. The summed E-state index contributed by atoms with van der Waals surface area (Å²) >= 11 is 0. The Labute approximate surface area is 295 Å². The number of carbonyl (C=O) groups is 2. The number of aryl methyl sites for hydroxylation is 1. The molecule has 1 aliphatic rings. The molecule has 286 valence electrons. The molecule has 12 heteroatoms. The van der Waals surface area contributed by atoms with E-state index in [1.165, 1.54) is 26.4 Å². The van der Waals surface area contributed by atoms with Gasteiger partial charge in [0.15, 0.2) is 0 Å². The molecule has 2 rings (SSSR count). The zero-order valence-electron chi connectivity index (χ0n) is 32.0. The van der Waals surface area contributed by atoms with Gasteiger partial charge in [0.1, 0.15) is 23.1 Å². The Balaban J connectivity index is 0.000000870. The molecule has 0 heterocycles. The third-order valence-electron chi connectivity index (χ3n) is 7.40. The largest absolute Gasteiger partial charge is 0.488 e. The van der Waals surface area contributed by atoms with Crippen LogP contribution in [0.15, 0.2) is 24.3 Å². The van der Waals surface area contributed by atoms with Crippen LogP contribution < -0.4 is 15.4 Å². The first-order valence-electron chi connectivity index (χ1n) is 17.6. The summed E-state index contributed by atoms with van der Waals surface area (Å²) in [6.07, 6.45) is 7.31. The summed E-state index contributed by atoms with van der Waals surface area (Å²) in [4.78, 5) is 26.8. The monoisotopic (exact) mass is 700 g/mol. The lowest BCUT2D eigenvalue weighted by Crippen LogP contribution is -2.38. The van der Waals surface area contributed by atoms with Crippen molar-refractivity contribution in [3.63, 3.8) is 0 Å². The van der Waals surface area contributed by atoms with Crippen LogP contribution in [0.2, 0.25) is 0 Å². The van der Waals surface area contributed by atoms with Gasteiger partial charge in [-0.15, -0.1) is 0 Å². The van der Waals surface area contributed by atoms with E-state index in [1.54, 1.807) is 0 Å². The van der Waals surface area contributed by atoms with Crippen LogP contribution in [0.5, 0.6) is 5.75 Å². The smallest absolute Gasteiger partial charge is 0.407 e. The number of carbonyl (C=O) groups excluding carboxylic acids is 2. The highest BCUT2D eigenvalue weighted by molar-refractivity contribution is 5.68. The van der Waals surface area contributed by atoms with Gasteiger partial charge in [-0.05, 0) is 125 Å². The molecule has 0 spiro atoms. The number of rotatable bonds is 14. The number of nitrogens with one attached hydrogen (secondary N) is 2. The van der Waals surface area contributed by atoms with E-state index in [-0.39, 0.29) is 49.7 Å². The molecule has 0 saturated heterocycles. The normalized spacial score (nSPS) is 18.6. The number of aliphatic hydroxyl groups excluding tert-OH is 2. The average Bonchev–Trinajstić information content (AvgIpc) is 2.98. The van der Waals surface area contributed by atoms with Crippen LogP contribution in [0.1, 0.15) is 120 Å². The molecule has 49 heavy (non-hydrogen) atoms. The molecule has 6 atom stereocenters. The van der Waals surface area contributed by atoms with Crippen LogP contribution >= 0.6 is 0 Å². The molecule has 1 saturated carbocycles. The van der Waals surface area contributed by atoms with Gasteiger partial charge in [-0.1, -0.05) is 31.0 Å². The lowest BCUT2D eigenvalue weighted by Gasteiger charge is -2.34. The Morgan fingerprint density at radius 1 is 0.816 bits per heavy atom. The topological polar surface area (TPSA) is 165 Å². The third kappa shape index (κ3) is 24.2. The van der Waals surface area contributed by atoms with Crippen LogP contribution in [0.4, 0.5) is 9.59 Å². The second-order valence-corrected chi connectivity index (χ2v) is 14.8. The zero-order valence-corrected chi connectivity index (χ0v) is 32.0. The number of aliphatic hydroxyl groups is 2. The SMILES string of the molecule is COO.C[C@H](CO)OC1CCCCC1CC[C@H](C)NC(=O)OC(C)(C)C.C[C@H](CO)Oc1ccccc1CC[C@H](C)NC(=O)OC(C)(C)C. The number of hydrogen-bond acceptors (Lipinski definition) is 10. The first kappa shape index (κ1) is 46.4. The van der Waals surface area contributed by atoms with Crippen molar-refractivity contribution >= 4 is 12.2 Å². The van der Waals surface area contributed by atoms with Crippen LogP contribution in [0, 0.1) is 5.92 Å². The van der Waals surface area contributed by atoms with Crippen molar-refractivity contribution in [3.05, 3.63) is 29.8 Å². The van der Waals surface area contributed by atoms with Crippen LogP contribution in [0.3, 0.4) is 0 Å². The predicted molar refractivity (Wildman–Crippen MR) is 192 cm³/mol. The first-order valence-corrected chi connectivity index (χ1v) is 17.6. The van der Waals surface area contributed by atoms with Crippen molar-refractivity contribution in [1.29, 1.82) is 0 Å². The Morgan fingerprint density at radius 3 is 1.82 bits per heavy atom. The first-order chi connectivity index (χ1) is 22.8. The number of para-hydroxylation sites is 1. The Morgan fingerprint density at radius 2 is 1.31 bits per heavy atom. The molecule has 12 nitrogen and oxygen atoms in total. The van der Waals surface area contributed by atoms with E-state index in [0.717, 1.165) is 43.4 Å². The van der Waals surface area contributed by atoms with Gasteiger partial charge >= 0.3 is 12.2 Å². The molecular weight excluding hydrogens is 632 g/mol. The maximum Gasteiger partial charge on any atom is 0.407 e. The van der Waals surface area contributed by atoms with Crippen LogP contribution in [-0.2, 0) is 25.5 Å². The molecule has 2 unspecified atom stereocenters. The maximum atomic E-state index is 11.8. The van der Waals surface area contributed by atoms with Crippen molar-refractivity contribution in [3.8, 4) is 5.75 Å². The van der Waals surface area contributed by atoms with E-state index in [4.69, 9.17) is 29.3 Å². The molecule has 0 aromatic heterocycles. The number of ether oxygens (including phenoxy) is 4. The van der Waals surface area contributed by atoms with E-state index in [2.05, 4.69) is 15.5 Å². The number of alkyl carbamates (subject to hydrolysis) is 2. The zero-order chi connectivity index (χ0) is 37.6. The van der Waals surface area contributed by atoms with Gasteiger partial charge in [-0.3, -0.25) is 5.26 Å². The standard InChI is InChI=1S/C18H35NO4.C18H29NO4.CH4O2/c2*1-13(19-17(21)23-18(3,4)5)10-11-15-8-6-7-9-16(15)22-14(2)12-20;1-3-2/h13-16,20H,6-12H2,1-5H3,(H,19,21);6-9,13-14,20H,10-12H2,1-5H3,(H,19,21);2H,1H3/t13-,14+,15?,16?;13-,14+;/m00./s1. The van der Waals surface area contributed by atoms with E-state index in [1.807, 2.05) is 93.5 Å². The average molecular weight is 701 g/mol. The lowest BCUT2D eigenvalue weighted by atomic mass is 9.82. The van der Waals surface area contributed by atoms with Crippen LogP contribution in [-0.4, -0.2) is 89.6 Å². The summed E-state index contributed by atoms with van der Waals surface area (Å²) in [5, 5.41) is 31.1. The van der Waals surface area contributed by atoms with Gasteiger partial charge in [0.25, 0.3) is 0 Å². The summed E-state index contributed by atoms with van der Waals surface area (Å²) in [5.41, 5.74) is 0.0997. The third-order valence-corrected chi connectivity index (χ3v) is 7.40. The van der Waals surface area contributed by atoms with Crippen molar-refractivity contribution in [1.82, 2.24) is 10.6 Å². The minimum Gasteiger partial charge on any atom is -0.488 e. The van der Waals surface area contributed by atoms with Crippen molar-refractivity contribution in [2.24, 2.45) is 5.92 Å². The summed E-state index contributed by atoms with van der Waals surface area (Å²) in [6, 6.07) is 7.84. The number of benzene rings is 1. The van der Waals surface area contributed by atoms with Gasteiger partial charge in [-0.2, -0.15) is 0 Å². The van der Waals surface area contributed by atoms with Crippen molar-refractivity contribution in [2.75, 3.05) is 20.3 Å². The summed E-state index contributed by atoms with van der Waals surface area (Å²) in [5.74, 6) is 1.29. The fourth-order valence-electron chi connectivity index (χ4n) is 5.10. The number of hydrogen-bond donors (Lipinski definition) is 5. The Kier molecular flexibility index (Phi) is 23.2. The highest BCUT2D eigenvalue weighted by Crippen LogP contribution is 2.31. The number of amides is 2. The predicted octanol–water partition coefficient (Wildman–Crippen LogP) is 7.03. The lowest BCUT2D eigenvalue weighted by molar-refractivity contribution is -0.214. The van der Waals surface area contributed by atoms with E-state index in [0.29, 0.717) is 5.92 Å². The summed E-state index contributed by atoms with van der Waals surface area (Å²) in [7, 11) is 1.18. The molecule has 5 N–H and O–H groups in total. The summed E-state index contributed by atoms with van der Waals surface area (Å²) in [6.45, 7) is 18.9. The molecule has 2 amide bonds. The minimum absolute atomic E-state index is 0.00632. The molecule has 1 aromatic carbocycles. The quantitative estimate of drug-likeness (QED) is 0.100. The van der Waals surface area contributed by atoms with Gasteiger partial charge in [0, 0.05) is 12.1 Å².